The van der Waals surface area contributed by atoms with Gasteiger partial charge in [0.15, 0.2) is 5.96 Å². The number of aryl methyl sites for hydroxylation is 2. The van der Waals surface area contributed by atoms with Crippen molar-refractivity contribution in [2.75, 3.05) is 20.1 Å². The Morgan fingerprint density at radius 3 is 2.41 bits per heavy atom. The van der Waals surface area contributed by atoms with Crippen LogP contribution in [0.3, 0.4) is 0 Å². The maximum atomic E-state index is 4.49. The summed E-state index contributed by atoms with van der Waals surface area (Å²) in [5.74, 6) is 0.869. The Balaban J connectivity index is 0.00000300. The van der Waals surface area contributed by atoms with Crippen LogP contribution in [0.2, 0.25) is 0 Å². The number of piperidine rings is 1. The van der Waals surface area contributed by atoms with E-state index in [1.807, 2.05) is 18.8 Å². The molecule has 160 valence electrons. The van der Waals surface area contributed by atoms with E-state index >= 15 is 0 Å². The van der Waals surface area contributed by atoms with Gasteiger partial charge in [-0.2, -0.15) is 5.10 Å². The molecular formula is C21H32BrIN6. The Kier molecular flexibility index (Phi) is 9.42. The number of aliphatic imine (C=N–C) groups is 1. The van der Waals surface area contributed by atoms with E-state index in [1.54, 1.807) is 0 Å². The summed E-state index contributed by atoms with van der Waals surface area (Å²) in [4.78, 5) is 6.94. The van der Waals surface area contributed by atoms with Gasteiger partial charge in [-0.3, -0.25) is 14.6 Å². The van der Waals surface area contributed by atoms with Crippen LogP contribution in [-0.2, 0) is 20.1 Å². The van der Waals surface area contributed by atoms with Crippen LogP contribution in [0.1, 0.15) is 35.4 Å². The third-order valence-electron chi connectivity index (χ3n) is 5.56. The van der Waals surface area contributed by atoms with Crippen LogP contribution in [0.5, 0.6) is 0 Å². The van der Waals surface area contributed by atoms with Crippen LogP contribution >= 0.6 is 39.9 Å². The van der Waals surface area contributed by atoms with Crippen molar-refractivity contribution in [1.29, 1.82) is 0 Å². The number of hydrogen-bond acceptors (Lipinski definition) is 3. The molecule has 0 aliphatic carbocycles. The van der Waals surface area contributed by atoms with E-state index in [1.165, 1.54) is 16.8 Å². The number of halogens is 2. The van der Waals surface area contributed by atoms with Gasteiger partial charge in [-0.1, -0.05) is 28.1 Å². The summed E-state index contributed by atoms with van der Waals surface area (Å²) in [6.45, 7) is 8.13. The van der Waals surface area contributed by atoms with Crippen molar-refractivity contribution in [2.24, 2.45) is 12.0 Å². The molecule has 1 aliphatic rings. The average molecular weight is 575 g/mol. The molecule has 0 amide bonds. The van der Waals surface area contributed by atoms with Crippen LogP contribution in [0, 0.1) is 13.8 Å². The van der Waals surface area contributed by atoms with Crippen LogP contribution in [0.4, 0.5) is 0 Å². The highest BCUT2D eigenvalue weighted by Crippen LogP contribution is 2.16. The number of benzene rings is 1. The molecular weight excluding hydrogens is 543 g/mol. The standard InChI is InChI=1S/C21H31BrN6.HI/c1-15-20(16(2)27(4)26-15)13-24-21(23-3)25-19-9-11-28(12-10-19)14-17-5-7-18(22)8-6-17;/h5-8,19H,9-14H2,1-4H3,(H2,23,24,25);1H. The summed E-state index contributed by atoms with van der Waals surface area (Å²) >= 11 is 3.50. The number of nitrogens with zero attached hydrogens (tertiary/aromatic N) is 4. The lowest BCUT2D eigenvalue weighted by molar-refractivity contribution is 0.198. The third kappa shape index (κ3) is 6.68. The average Bonchev–Trinajstić information content (AvgIpc) is 2.93. The van der Waals surface area contributed by atoms with Crippen LogP contribution < -0.4 is 10.6 Å². The molecule has 1 saturated heterocycles. The highest BCUT2D eigenvalue weighted by Gasteiger charge is 2.20. The van der Waals surface area contributed by atoms with Gasteiger partial charge in [0.1, 0.15) is 0 Å². The maximum Gasteiger partial charge on any atom is 0.191 e. The number of rotatable bonds is 5. The molecule has 0 spiro atoms. The summed E-state index contributed by atoms with van der Waals surface area (Å²) in [6.07, 6.45) is 2.25. The normalized spacial score (nSPS) is 15.8. The molecule has 29 heavy (non-hydrogen) atoms. The number of nitrogens with one attached hydrogen (secondary N) is 2. The molecule has 0 atom stereocenters. The smallest absolute Gasteiger partial charge is 0.191 e. The SMILES string of the molecule is CN=C(NCc1c(C)nn(C)c1C)NC1CCN(Cc2ccc(Br)cc2)CC1.I. The van der Waals surface area contributed by atoms with Crippen LogP contribution in [-0.4, -0.2) is 46.8 Å². The summed E-state index contributed by atoms with van der Waals surface area (Å²) in [7, 11) is 3.82. The van der Waals surface area contributed by atoms with Gasteiger partial charge in [0, 0.05) is 62.0 Å². The number of hydrogen-bond donors (Lipinski definition) is 2. The quantitative estimate of drug-likeness (QED) is 0.324. The minimum absolute atomic E-state index is 0. The second-order valence-corrected chi connectivity index (χ2v) is 8.44. The lowest BCUT2D eigenvalue weighted by Crippen LogP contribution is -2.48. The van der Waals surface area contributed by atoms with Crippen molar-refractivity contribution >= 4 is 45.9 Å². The van der Waals surface area contributed by atoms with E-state index in [4.69, 9.17) is 0 Å². The predicted molar refractivity (Wildman–Crippen MR) is 134 cm³/mol. The van der Waals surface area contributed by atoms with Gasteiger partial charge in [-0.15, -0.1) is 24.0 Å². The highest BCUT2D eigenvalue weighted by molar-refractivity contribution is 14.0. The predicted octanol–water partition coefficient (Wildman–Crippen LogP) is 3.75. The van der Waals surface area contributed by atoms with E-state index in [2.05, 4.69) is 79.7 Å². The zero-order chi connectivity index (χ0) is 20.1. The molecule has 2 heterocycles. The van der Waals surface area contributed by atoms with Gasteiger partial charge >= 0.3 is 0 Å². The van der Waals surface area contributed by atoms with Gasteiger partial charge in [-0.05, 0) is 44.4 Å². The van der Waals surface area contributed by atoms with E-state index in [0.29, 0.717) is 6.04 Å². The number of aromatic nitrogens is 2. The van der Waals surface area contributed by atoms with Crippen LogP contribution in [0.15, 0.2) is 33.7 Å². The molecule has 2 N–H and O–H groups in total. The molecule has 1 aromatic carbocycles. The van der Waals surface area contributed by atoms with Crippen LogP contribution in [0.25, 0.3) is 0 Å². The lowest BCUT2D eigenvalue weighted by Gasteiger charge is -2.33. The molecule has 0 bridgehead atoms. The first-order valence-corrected chi connectivity index (χ1v) is 10.7. The second kappa shape index (κ2) is 11.3. The van der Waals surface area contributed by atoms with Crippen molar-refractivity contribution in [1.82, 2.24) is 25.3 Å². The summed E-state index contributed by atoms with van der Waals surface area (Å²) in [5.41, 5.74) is 4.88. The van der Waals surface area contributed by atoms with E-state index in [0.717, 1.165) is 55.1 Å². The fourth-order valence-electron chi connectivity index (χ4n) is 3.72. The van der Waals surface area contributed by atoms with Gasteiger partial charge in [0.05, 0.1) is 5.69 Å². The molecule has 1 aliphatic heterocycles. The zero-order valence-electron chi connectivity index (χ0n) is 17.7. The maximum absolute atomic E-state index is 4.49. The molecule has 3 rings (SSSR count). The van der Waals surface area contributed by atoms with Gasteiger partial charge in [0.25, 0.3) is 0 Å². The Morgan fingerprint density at radius 1 is 1.21 bits per heavy atom. The Hall–Kier alpha value is -1.13. The third-order valence-corrected chi connectivity index (χ3v) is 6.09. The first-order valence-electron chi connectivity index (χ1n) is 9.89. The monoisotopic (exact) mass is 574 g/mol. The first-order chi connectivity index (χ1) is 13.5. The van der Waals surface area contributed by atoms with Gasteiger partial charge in [0.2, 0.25) is 0 Å². The lowest BCUT2D eigenvalue weighted by atomic mass is 10.0. The topological polar surface area (TPSA) is 57.5 Å². The minimum Gasteiger partial charge on any atom is -0.354 e. The fraction of sp³-hybridized carbons (Fsp3) is 0.524. The molecule has 2 aromatic rings. The largest absolute Gasteiger partial charge is 0.354 e. The molecule has 1 aromatic heterocycles. The fourth-order valence-corrected chi connectivity index (χ4v) is 3.98. The van der Waals surface area contributed by atoms with Crippen molar-refractivity contribution in [3.63, 3.8) is 0 Å². The Bertz CT molecular complexity index is 809. The first kappa shape index (κ1) is 24.1. The Morgan fingerprint density at radius 2 is 1.86 bits per heavy atom. The molecule has 8 heteroatoms. The van der Waals surface area contributed by atoms with Crippen molar-refractivity contribution in [3.05, 3.63) is 51.3 Å². The van der Waals surface area contributed by atoms with E-state index in [-0.39, 0.29) is 24.0 Å². The number of guanidine groups is 1. The van der Waals surface area contributed by atoms with Crippen molar-refractivity contribution in [3.8, 4) is 0 Å². The molecule has 6 nitrogen and oxygen atoms in total. The van der Waals surface area contributed by atoms with Gasteiger partial charge in [-0.25, -0.2) is 0 Å². The van der Waals surface area contributed by atoms with Crippen molar-refractivity contribution in [2.45, 2.75) is 45.8 Å². The minimum atomic E-state index is 0. The van der Waals surface area contributed by atoms with Gasteiger partial charge < -0.3 is 10.6 Å². The van der Waals surface area contributed by atoms with E-state index < -0.39 is 0 Å². The number of likely N-dealkylation sites (tertiary alicyclic amines) is 1. The Labute approximate surface area is 199 Å². The van der Waals surface area contributed by atoms with Crippen molar-refractivity contribution < 1.29 is 0 Å². The summed E-state index contributed by atoms with van der Waals surface area (Å²) < 4.78 is 3.07. The van der Waals surface area contributed by atoms with E-state index in [9.17, 15) is 0 Å². The summed E-state index contributed by atoms with van der Waals surface area (Å²) in [6, 6.07) is 9.09. The second-order valence-electron chi connectivity index (χ2n) is 7.52. The molecule has 1 fully saturated rings. The molecule has 0 saturated carbocycles. The highest BCUT2D eigenvalue weighted by atomic mass is 127. The zero-order valence-corrected chi connectivity index (χ0v) is 21.6. The summed E-state index contributed by atoms with van der Waals surface area (Å²) in [5, 5.41) is 11.5. The molecule has 0 radical (unpaired) electrons. The molecule has 0 unspecified atom stereocenters.